The molecule has 1 aromatic rings. The Morgan fingerprint density at radius 3 is 2.58 bits per heavy atom. The van der Waals surface area contributed by atoms with E-state index >= 15 is 0 Å². The number of aliphatic carboxylic acids is 1. The molecule has 5 heteroatoms. The number of aryl methyl sites for hydroxylation is 1. The van der Waals surface area contributed by atoms with Crippen molar-refractivity contribution in [1.82, 2.24) is 5.32 Å². The van der Waals surface area contributed by atoms with Crippen molar-refractivity contribution in [2.45, 2.75) is 46.1 Å². The number of hydrogen-bond acceptors (Lipinski definition) is 3. The van der Waals surface area contributed by atoms with Gasteiger partial charge in [-0.15, -0.1) is 0 Å². The first-order valence-corrected chi connectivity index (χ1v) is 8.50. The number of ether oxygens (including phenoxy) is 1. The lowest BCUT2D eigenvalue weighted by Crippen LogP contribution is -2.39. The Labute approximate surface area is 143 Å². The fourth-order valence-electron chi connectivity index (χ4n) is 2.87. The standard InChI is InChI=1S/C19H27NO4/c1-13-6-8-14(9-7-13)16-15(5-4-12-24-16)17(21)20-11-10-19(2,3)18(22)23/h6-9,15-16H,4-5,10-12H2,1-3H3,(H,20,21)(H,22,23). The van der Waals surface area contributed by atoms with Gasteiger partial charge in [0, 0.05) is 13.2 Å². The summed E-state index contributed by atoms with van der Waals surface area (Å²) in [6, 6.07) is 8.08. The van der Waals surface area contributed by atoms with Gasteiger partial charge in [0.15, 0.2) is 0 Å². The minimum absolute atomic E-state index is 0.0542. The first-order valence-electron chi connectivity index (χ1n) is 8.50. The molecule has 2 atom stereocenters. The van der Waals surface area contributed by atoms with Crippen LogP contribution in [0.15, 0.2) is 24.3 Å². The van der Waals surface area contributed by atoms with Crippen molar-refractivity contribution in [2.75, 3.05) is 13.2 Å². The second kappa shape index (κ2) is 7.79. The Morgan fingerprint density at radius 1 is 1.29 bits per heavy atom. The molecule has 1 aromatic carbocycles. The van der Waals surface area contributed by atoms with Gasteiger partial charge in [-0.05, 0) is 45.6 Å². The molecule has 5 nitrogen and oxygen atoms in total. The van der Waals surface area contributed by atoms with Crippen molar-refractivity contribution in [1.29, 1.82) is 0 Å². The Hall–Kier alpha value is -1.88. The van der Waals surface area contributed by atoms with Crippen LogP contribution in [0.1, 0.15) is 50.3 Å². The molecule has 2 N–H and O–H groups in total. The fourth-order valence-corrected chi connectivity index (χ4v) is 2.87. The molecule has 0 aromatic heterocycles. The van der Waals surface area contributed by atoms with E-state index in [0.717, 1.165) is 18.4 Å². The van der Waals surface area contributed by atoms with Crippen LogP contribution < -0.4 is 5.32 Å². The van der Waals surface area contributed by atoms with Gasteiger partial charge in [0.1, 0.15) is 0 Å². The predicted molar refractivity (Wildman–Crippen MR) is 91.6 cm³/mol. The van der Waals surface area contributed by atoms with E-state index in [4.69, 9.17) is 9.84 Å². The van der Waals surface area contributed by atoms with Gasteiger partial charge in [-0.25, -0.2) is 0 Å². The molecular formula is C19H27NO4. The van der Waals surface area contributed by atoms with E-state index < -0.39 is 11.4 Å². The van der Waals surface area contributed by atoms with Crippen LogP contribution in [-0.2, 0) is 14.3 Å². The van der Waals surface area contributed by atoms with Crippen molar-refractivity contribution in [3.8, 4) is 0 Å². The van der Waals surface area contributed by atoms with E-state index in [2.05, 4.69) is 5.32 Å². The lowest BCUT2D eigenvalue weighted by molar-refractivity contribution is -0.147. The number of carboxylic acids is 1. The third kappa shape index (κ3) is 4.57. The molecule has 1 saturated heterocycles. The van der Waals surface area contributed by atoms with E-state index in [1.54, 1.807) is 13.8 Å². The number of carboxylic acid groups (broad SMARTS) is 1. The van der Waals surface area contributed by atoms with Crippen LogP contribution in [0.25, 0.3) is 0 Å². The number of rotatable bonds is 6. The van der Waals surface area contributed by atoms with Crippen molar-refractivity contribution < 1.29 is 19.4 Å². The van der Waals surface area contributed by atoms with Gasteiger partial charge in [0.05, 0.1) is 17.4 Å². The van der Waals surface area contributed by atoms with E-state index in [-0.39, 0.29) is 17.9 Å². The van der Waals surface area contributed by atoms with Gasteiger partial charge < -0.3 is 15.2 Å². The van der Waals surface area contributed by atoms with Gasteiger partial charge >= 0.3 is 5.97 Å². The molecule has 24 heavy (non-hydrogen) atoms. The molecule has 2 rings (SSSR count). The molecule has 0 bridgehead atoms. The molecule has 1 aliphatic rings. The molecule has 0 radical (unpaired) electrons. The summed E-state index contributed by atoms with van der Waals surface area (Å²) in [5, 5.41) is 12.0. The van der Waals surface area contributed by atoms with Crippen molar-refractivity contribution in [3.05, 3.63) is 35.4 Å². The Kier molecular flexibility index (Phi) is 5.99. The minimum atomic E-state index is -0.852. The fraction of sp³-hybridized carbons (Fsp3) is 0.579. The van der Waals surface area contributed by atoms with Crippen LogP contribution in [0.2, 0.25) is 0 Å². The van der Waals surface area contributed by atoms with Crippen LogP contribution in [0.4, 0.5) is 0 Å². The quantitative estimate of drug-likeness (QED) is 0.839. The Bertz CT molecular complexity index is 580. The van der Waals surface area contributed by atoms with Gasteiger partial charge in [0.2, 0.25) is 5.91 Å². The van der Waals surface area contributed by atoms with Crippen molar-refractivity contribution in [3.63, 3.8) is 0 Å². The largest absolute Gasteiger partial charge is 0.481 e. The molecule has 0 spiro atoms. The minimum Gasteiger partial charge on any atom is -0.481 e. The van der Waals surface area contributed by atoms with Crippen LogP contribution >= 0.6 is 0 Å². The van der Waals surface area contributed by atoms with Crippen molar-refractivity contribution >= 4 is 11.9 Å². The Balaban J connectivity index is 1.98. The first kappa shape index (κ1) is 18.5. The lowest BCUT2D eigenvalue weighted by atomic mass is 9.87. The summed E-state index contributed by atoms with van der Waals surface area (Å²) in [5.41, 5.74) is 1.35. The second-order valence-electron chi connectivity index (χ2n) is 7.18. The highest BCUT2D eigenvalue weighted by Gasteiger charge is 2.33. The highest BCUT2D eigenvalue weighted by Crippen LogP contribution is 2.34. The maximum atomic E-state index is 12.6. The summed E-state index contributed by atoms with van der Waals surface area (Å²) in [6.07, 6.45) is 1.82. The topological polar surface area (TPSA) is 75.6 Å². The van der Waals surface area contributed by atoms with E-state index in [1.807, 2.05) is 31.2 Å². The number of benzene rings is 1. The van der Waals surface area contributed by atoms with Gasteiger partial charge in [-0.3, -0.25) is 9.59 Å². The number of nitrogens with one attached hydrogen (secondary N) is 1. The number of hydrogen-bond donors (Lipinski definition) is 2. The highest BCUT2D eigenvalue weighted by molar-refractivity contribution is 5.79. The molecule has 132 valence electrons. The third-order valence-corrected chi connectivity index (χ3v) is 4.69. The Morgan fingerprint density at radius 2 is 1.96 bits per heavy atom. The molecule has 1 fully saturated rings. The van der Waals surface area contributed by atoms with Crippen LogP contribution in [0, 0.1) is 18.3 Å². The smallest absolute Gasteiger partial charge is 0.309 e. The third-order valence-electron chi connectivity index (χ3n) is 4.69. The van der Waals surface area contributed by atoms with Gasteiger partial charge in [-0.1, -0.05) is 29.8 Å². The average Bonchev–Trinajstić information content (AvgIpc) is 2.55. The van der Waals surface area contributed by atoms with E-state index in [1.165, 1.54) is 5.56 Å². The summed E-state index contributed by atoms with van der Waals surface area (Å²) in [7, 11) is 0. The average molecular weight is 333 g/mol. The molecule has 0 saturated carbocycles. The number of carbonyl (C=O) groups excluding carboxylic acids is 1. The highest BCUT2D eigenvalue weighted by atomic mass is 16.5. The monoisotopic (exact) mass is 333 g/mol. The zero-order valence-electron chi connectivity index (χ0n) is 14.7. The lowest BCUT2D eigenvalue weighted by Gasteiger charge is -2.31. The summed E-state index contributed by atoms with van der Waals surface area (Å²) in [4.78, 5) is 23.7. The maximum Gasteiger partial charge on any atom is 0.309 e. The normalized spacial score (nSPS) is 21.3. The zero-order chi connectivity index (χ0) is 17.7. The predicted octanol–water partition coefficient (Wildman–Crippen LogP) is 3.08. The SMILES string of the molecule is Cc1ccc(C2OCCCC2C(=O)NCCC(C)(C)C(=O)O)cc1. The van der Waals surface area contributed by atoms with Crippen LogP contribution in [-0.4, -0.2) is 30.1 Å². The summed E-state index contributed by atoms with van der Waals surface area (Å²) >= 11 is 0. The maximum absolute atomic E-state index is 12.6. The zero-order valence-corrected chi connectivity index (χ0v) is 14.7. The summed E-state index contributed by atoms with van der Waals surface area (Å²) in [6.45, 7) is 6.38. The molecule has 0 aliphatic carbocycles. The second-order valence-corrected chi connectivity index (χ2v) is 7.18. The first-order chi connectivity index (χ1) is 11.3. The number of amides is 1. The summed E-state index contributed by atoms with van der Waals surface area (Å²) in [5.74, 6) is -1.13. The van der Waals surface area contributed by atoms with Crippen molar-refractivity contribution in [2.24, 2.45) is 11.3 Å². The molecule has 1 aliphatic heterocycles. The van der Waals surface area contributed by atoms with Gasteiger partial charge in [0.25, 0.3) is 0 Å². The van der Waals surface area contributed by atoms with E-state index in [0.29, 0.717) is 19.6 Å². The van der Waals surface area contributed by atoms with Crippen LogP contribution in [0.5, 0.6) is 0 Å². The molecular weight excluding hydrogens is 306 g/mol. The molecule has 1 amide bonds. The van der Waals surface area contributed by atoms with Crippen LogP contribution in [0.3, 0.4) is 0 Å². The number of carbonyl (C=O) groups is 2. The molecule has 1 heterocycles. The van der Waals surface area contributed by atoms with Gasteiger partial charge in [-0.2, -0.15) is 0 Å². The molecule has 2 unspecified atom stereocenters. The summed E-state index contributed by atoms with van der Waals surface area (Å²) < 4.78 is 5.87. The van der Waals surface area contributed by atoms with E-state index in [9.17, 15) is 9.59 Å².